The molecule has 0 spiro atoms. The average molecular weight is 287 g/mol. The zero-order valence-electron chi connectivity index (χ0n) is 13.0. The first-order chi connectivity index (χ1) is 8.74. The van der Waals surface area contributed by atoms with Gasteiger partial charge in [0.2, 0.25) is 0 Å². The molecule has 0 saturated heterocycles. The molecule has 0 saturated carbocycles. The maximum Gasteiger partial charge on any atom is 0.0860 e. The van der Waals surface area contributed by atoms with E-state index in [4.69, 9.17) is 11.6 Å². The summed E-state index contributed by atoms with van der Waals surface area (Å²) in [7, 11) is 2.11. The van der Waals surface area contributed by atoms with E-state index in [2.05, 4.69) is 50.1 Å². The molecule has 0 atom stereocenters. The van der Waals surface area contributed by atoms with E-state index < -0.39 is 0 Å². The predicted octanol–water partition coefficient (Wildman–Crippen LogP) is 2.68. The van der Waals surface area contributed by atoms with Gasteiger partial charge in [0.05, 0.1) is 16.4 Å². The van der Waals surface area contributed by atoms with E-state index in [1.165, 1.54) is 0 Å². The van der Waals surface area contributed by atoms with Gasteiger partial charge in [0.1, 0.15) is 0 Å². The lowest BCUT2D eigenvalue weighted by Crippen LogP contribution is -2.40. The number of aromatic nitrogens is 2. The number of hydrogen-bond donors (Lipinski definition) is 1. The molecule has 4 nitrogen and oxygen atoms in total. The molecule has 0 amide bonds. The first-order valence-electron chi connectivity index (χ1n) is 6.90. The first-order valence-corrected chi connectivity index (χ1v) is 7.27. The fourth-order valence-electron chi connectivity index (χ4n) is 1.98. The molecular weight excluding hydrogens is 260 g/mol. The van der Waals surface area contributed by atoms with Gasteiger partial charge < -0.3 is 5.32 Å². The van der Waals surface area contributed by atoms with E-state index in [-0.39, 0.29) is 5.54 Å². The fourth-order valence-corrected chi connectivity index (χ4v) is 2.17. The third-order valence-electron chi connectivity index (χ3n) is 3.02. The van der Waals surface area contributed by atoms with E-state index in [0.29, 0.717) is 0 Å². The van der Waals surface area contributed by atoms with Crippen LogP contribution >= 0.6 is 11.6 Å². The van der Waals surface area contributed by atoms with Crippen LogP contribution in [0.1, 0.15) is 39.1 Å². The summed E-state index contributed by atoms with van der Waals surface area (Å²) in [4.78, 5) is 2.27. The van der Waals surface area contributed by atoms with Crippen LogP contribution < -0.4 is 5.32 Å². The number of hydrogen-bond acceptors (Lipinski definition) is 3. The fraction of sp³-hybridized carbons (Fsp3) is 0.786. The van der Waals surface area contributed by atoms with E-state index >= 15 is 0 Å². The standard InChI is InChI=1S/C14H27ClN4/c1-7-19-12(13(15)11(2)17-19)10-18(6)9-8-16-14(3,4)5/h16H,7-10H2,1-6H3. The molecule has 0 unspecified atom stereocenters. The molecule has 1 heterocycles. The minimum absolute atomic E-state index is 0.167. The Morgan fingerprint density at radius 1 is 1.37 bits per heavy atom. The lowest BCUT2D eigenvalue weighted by Gasteiger charge is -2.23. The Bertz CT molecular complexity index is 406. The van der Waals surface area contributed by atoms with Crippen molar-refractivity contribution in [1.29, 1.82) is 0 Å². The summed E-state index contributed by atoms with van der Waals surface area (Å²) < 4.78 is 1.99. The summed E-state index contributed by atoms with van der Waals surface area (Å²) in [6.45, 7) is 14.2. The second-order valence-corrected chi connectivity index (χ2v) is 6.45. The third-order valence-corrected chi connectivity index (χ3v) is 3.51. The van der Waals surface area contributed by atoms with Crippen molar-refractivity contribution in [3.63, 3.8) is 0 Å². The maximum atomic E-state index is 6.32. The summed E-state index contributed by atoms with van der Waals surface area (Å²) in [6, 6.07) is 0. The van der Waals surface area contributed by atoms with Crippen molar-refractivity contribution < 1.29 is 0 Å². The number of nitrogens with zero attached hydrogens (tertiary/aromatic N) is 3. The van der Waals surface area contributed by atoms with Gasteiger partial charge in [0.15, 0.2) is 0 Å². The largest absolute Gasteiger partial charge is 0.311 e. The molecule has 0 bridgehead atoms. The maximum absolute atomic E-state index is 6.32. The molecule has 110 valence electrons. The second kappa shape index (κ2) is 6.73. The van der Waals surface area contributed by atoms with Crippen LogP contribution in [0.4, 0.5) is 0 Å². The normalized spacial score (nSPS) is 12.4. The molecule has 19 heavy (non-hydrogen) atoms. The summed E-state index contributed by atoms with van der Waals surface area (Å²) in [5.41, 5.74) is 2.19. The van der Waals surface area contributed by atoms with E-state index in [0.717, 1.165) is 42.6 Å². The smallest absolute Gasteiger partial charge is 0.0860 e. The minimum atomic E-state index is 0.167. The first kappa shape index (κ1) is 16.5. The highest BCUT2D eigenvalue weighted by Crippen LogP contribution is 2.21. The molecule has 0 aromatic carbocycles. The van der Waals surface area contributed by atoms with Gasteiger partial charge in [0, 0.05) is 31.7 Å². The second-order valence-electron chi connectivity index (χ2n) is 6.08. The lowest BCUT2D eigenvalue weighted by molar-refractivity contribution is 0.295. The van der Waals surface area contributed by atoms with Crippen LogP contribution in [-0.2, 0) is 13.1 Å². The molecular formula is C14H27ClN4. The topological polar surface area (TPSA) is 33.1 Å². The van der Waals surface area contributed by atoms with Gasteiger partial charge in [-0.3, -0.25) is 9.58 Å². The predicted molar refractivity (Wildman–Crippen MR) is 81.7 cm³/mol. The van der Waals surface area contributed by atoms with Crippen LogP contribution in [-0.4, -0.2) is 40.4 Å². The Morgan fingerprint density at radius 2 is 2.00 bits per heavy atom. The quantitative estimate of drug-likeness (QED) is 0.873. The molecule has 1 rings (SSSR count). The van der Waals surface area contributed by atoms with Gasteiger partial charge in [-0.05, 0) is 41.7 Å². The highest BCUT2D eigenvalue weighted by Gasteiger charge is 2.14. The van der Waals surface area contributed by atoms with Crippen LogP contribution in [0, 0.1) is 6.92 Å². The van der Waals surface area contributed by atoms with E-state index in [1.54, 1.807) is 0 Å². The number of likely N-dealkylation sites (N-methyl/N-ethyl adjacent to an activating group) is 1. The Balaban J connectivity index is 2.55. The van der Waals surface area contributed by atoms with E-state index in [1.807, 2.05) is 11.6 Å². The van der Waals surface area contributed by atoms with Crippen molar-refractivity contribution >= 4 is 11.6 Å². The third kappa shape index (κ3) is 5.13. The molecule has 1 N–H and O–H groups in total. The van der Waals surface area contributed by atoms with Crippen molar-refractivity contribution in [2.24, 2.45) is 0 Å². The summed E-state index contributed by atoms with van der Waals surface area (Å²) in [5, 5.41) is 8.74. The summed E-state index contributed by atoms with van der Waals surface area (Å²) in [6.07, 6.45) is 0. The summed E-state index contributed by atoms with van der Waals surface area (Å²) >= 11 is 6.32. The zero-order chi connectivity index (χ0) is 14.6. The number of halogens is 1. The van der Waals surface area contributed by atoms with Crippen molar-refractivity contribution in [2.45, 2.75) is 53.2 Å². The highest BCUT2D eigenvalue weighted by molar-refractivity contribution is 6.31. The summed E-state index contributed by atoms with van der Waals surface area (Å²) in [5.74, 6) is 0. The van der Waals surface area contributed by atoms with Crippen LogP contribution in [0.5, 0.6) is 0 Å². The van der Waals surface area contributed by atoms with Gasteiger partial charge in [-0.1, -0.05) is 11.6 Å². The van der Waals surface area contributed by atoms with Crippen molar-refractivity contribution in [2.75, 3.05) is 20.1 Å². The molecule has 1 aromatic heterocycles. The minimum Gasteiger partial charge on any atom is -0.311 e. The van der Waals surface area contributed by atoms with Crippen LogP contribution in [0.3, 0.4) is 0 Å². The zero-order valence-corrected chi connectivity index (χ0v) is 13.8. The van der Waals surface area contributed by atoms with Gasteiger partial charge in [-0.25, -0.2) is 0 Å². The average Bonchev–Trinajstić information content (AvgIpc) is 2.55. The highest BCUT2D eigenvalue weighted by atomic mass is 35.5. The van der Waals surface area contributed by atoms with Gasteiger partial charge in [0.25, 0.3) is 0 Å². The van der Waals surface area contributed by atoms with Gasteiger partial charge in [-0.15, -0.1) is 0 Å². The van der Waals surface area contributed by atoms with E-state index in [9.17, 15) is 0 Å². The van der Waals surface area contributed by atoms with Crippen molar-refractivity contribution in [3.8, 4) is 0 Å². The van der Waals surface area contributed by atoms with Crippen molar-refractivity contribution in [1.82, 2.24) is 20.0 Å². The Morgan fingerprint density at radius 3 is 2.53 bits per heavy atom. The van der Waals surface area contributed by atoms with Gasteiger partial charge >= 0.3 is 0 Å². The molecule has 0 aliphatic carbocycles. The lowest BCUT2D eigenvalue weighted by atomic mass is 10.1. The van der Waals surface area contributed by atoms with Crippen LogP contribution in [0.15, 0.2) is 0 Å². The number of rotatable bonds is 6. The molecule has 1 aromatic rings. The molecule has 5 heteroatoms. The van der Waals surface area contributed by atoms with Gasteiger partial charge in [-0.2, -0.15) is 5.10 Å². The molecule has 0 radical (unpaired) electrons. The molecule has 0 aliphatic heterocycles. The van der Waals surface area contributed by atoms with Crippen LogP contribution in [0.2, 0.25) is 5.02 Å². The van der Waals surface area contributed by atoms with Crippen molar-refractivity contribution in [3.05, 3.63) is 16.4 Å². The Kier molecular flexibility index (Phi) is 5.83. The SMILES string of the molecule is CCn1nc(C)c(Cl)c1CN(C)CCNC(C)(C)C. The monoisotopic (exact) mass is 286 g/mol. The Labute approximate surface area is 122 Å². The molecule has 0 aliphatic rings. The number of nitrogens with one attached hydrogen (secondary N) is 1. The number of aryl methyl sites for hydroxylation is 2. The Hall–Kier alpha value is -0.580. The van der Waals surface area contributed by atoms with Crippen LogP contribution in [0.25, 0.3) is 0 Å². The molecule has 0 fully saturated rings.